The maximum Gasteiger partial charge on any atom is 0.243 e. The predicted octanol–water partition coefficient (Wildman–Crippen LogP) is 1.69. The SMILES string of the molecule is CCc1ccc(OC)c(C(C)C(=O)N(C)N)c1. The second-order valence-corrected chi connectivity index (χ2v) is 4.10. The number of benzene rings is 1. The Kier molecular flexibility index (Phi) is 4.52. The van der Waals surface area contributed by atoms with Crippen molar-refractivity contribution >= 4 is 5.91 Å². The molecule has 1 aromatic carbocycles. The summed E-state index contributed by atoms with van der Waals surface area (Å²) in [6.45, 7) is 3.91. The van der Waals surface area contributed by atoms with Crippen LogP contribution in [0.25, 0.3) is 0 Å². The molecule has 0 aliphatic heterocycles. The Labute approximate surface area is 102 Å². The van der Waals surface area contributed by atoms with Gasteiger partial charge in [-0.05, 0) is 25.0 Å². The van der Waals surface area contributed by atoms with Crippen molar-refractivity contribution in [2.75, 3.05) is 14.2 Å². The summed E-state index contributed by atoms with van der Waals surface area (Å²) in [6, 6.07) is 5.91. The second-order valence-electron chi connectivity index (χ2n) is 4.10. The van der Waals surface area contributed by atoms with Crippen LogP contribution < -0.4 is 10.6 Å². The molecule has 0 saturated carbocycles. The summed E-state index contributed by atoms with van der Waals surface area (Å²) in [5.74, 6) is 5.78. The van der Waals surface area contributed by atoms with Gasteiger partial charge in [-0.2, -0.15) is 0 Å². The average Bonchev–Trinajstić information content (AvgIpc) is 2.35. The Hall–Kier alpha value is -1.55. The highest BCUT2D eigenvalue weighted by molar-refractivity contribution is 5.83. The van der Waals surface area contributed by atoms with Crippen LogP contribution in [0.5, 0.6) is 5.75 Å². The van der Waals surface area contributed by atoms with Crippen molar-refractivity contribution in [1.82, 2.24) is 5.01 Å². The van der Waals surface area contributed by atoms with E-state index in [0.717, 1.165) is 22.7 Å². The summed E-state index contributed by atoms with van der Waals surface area (Å²) >= 11 is 0. The van der Waals surface area contributed by atoms with Crippen molar-refractivity contribution in [1.29, 1.82) is 0 Å². The van der Waals surface area contributed by atoms with Crippen LogP contribution in [0.1, 0.15) is 30.9 Å². The molecule has 1 rings (SSSR count). The Bertz CT molecular complexity index is 402. The maximum absolute atomic E-state index is 11.9. The minimum absolute atomic E-state index is 0.128. The number of amides is 1. The number of likely N-dealkylation sites (N-methyl/N-ethyl adjacent to an activating group) is 1. The molecule has 17 heavy (non-hydrogen) atoms. The Balaban J connectivity index is 3.13. The van der Waals surface area contributed by atoms with E-state index in [1.807, 2.05) is 25.1 Å². The van der Waals surface area contributed by atoms with E-state index >= 15 is 0 Å². The van der Waals surface area contributed by atoms with Crippen molar-refractivity contribution in [2.45, 2.75) is 26.2 Å². The number of ether oxygens (including phenoxy) is 1. The quantitative estimate of drug-likeness (QED) is 0.492. The molecule has 1 aromatic rings. The number of nitrogens with two attached hydrogens (primary N) is 1. The molecule has 0 heterocycles. The van der Waals surface area contributed by atoms with E-state index in [1.165, 1.54) is 5.56 Å². The van der Waals surface area contributed by atoms with E-state index in [2.05, 4.69) is 6.92 Å². The highest BCUT2D eigenvalue weighted by Crippen LogP contribution is 2.28. The molecule has 4 heteroatoms. The molecule has 1 amide bonds. The molecule has 0 fully saturated rings. The zero-order valence-corrected chi connectivity index (χ0v) is 10.9. The monoisotopic (exact) mass is 236 g/mol. The fourth-order valence-electron chi connectivity index (χ4n) is 1.78. The molecule has 4 nitrogen and oxygen atoms in total. The maximum atomic E-state index is 11.9. The number of rotatable bonds is 4. The summed E-state index contributed by atoms with van der Waals surface area (Å²) in [5, 5.41) is 1.11. The average molecular weight is 236 g/mol. The van der Waals surface area contributed by atoms with Gasteiger partial charge in [-0.25, -0.2) is 5.84 Å². The van der Waals surface area contributed by atoms with Crippen LogP contribution in [0.4, 0.5) is 0 Å². The van der Waals surface area contributed by atoms with E-state index in [0.29, 0.717) is 0 Å². The lowest BCUT2D eigenvalue weighted by Gasteiger charge is -2.19. The van der Waals surface area contributed by atoms with Crippen LogP contribution in [0.2, 0.25) is 0 Å². The van der Waals surface area contributed by atoms with Gasteiger partial charge in [-0.1, -0.05) is 19.1 Å². The third-order valence-electron chi connectivity index (χ3n) is 2.89. The van der Waals surface area contributed by atoms with Gasteiger partial charge in [0.15, 0.2) is 0 Å². The minimum atomic E-state index is -0.300. The molecule has 0 spiro atoms. The van der Waals surface area contributed by atoms with Crippen LogP contribution in [0.3, 0.4) is 0 Å². The van der Waals surface area contributed by atoms with Crippen LogP contribution >= 0.6 is 0 Å². The van der Waals surface area contributed by atoms with Crippen LogP contribution in [-0.2, 0) is 11.2 Å². The van der Waals surface area contributed by atoms with Crippen molar-refractivity contribution in [3.05, 3.63) is 29.3 Å². The Morgan fingerprint density at radius 2 is 2.18 bits per heavy atom. The summed E-state index contributed by atoms with van der Waals surface area (Å²) in [7, 11) is 3.16. The number of hydrogen-bond donors (Lipinski definition) is 1. The second kappa shape index (κ2) is 5.68. The summed E-state index contributed by atoms with van der Waals surface area (Å²) < 4.78 is 5.28. The molecule has 2 N–H and O–H groups in total. The molecular formula is C13H20N2O2. The normalized spacial score (nSPS) is 12.1. The predicted molar refractivity (Wildman–Crippen MR) is 67.7 cm³/mol. The smallest absolute Gasteiger partial charge is 0.243 e. The van der Waals surface area contributed by atoms with Crippen molar-refractivity contribution in [3.8, 4) is 5.75 Å². The fourth-order valence-corrected chi connectivity index (χ4v) is 1.78. The van der Waals surface area contributed by atoms with Gasteiger partial charge in [0.2, 0.25) is 5.91 Å². The van der Waals surface area contributed by atoms with Gasteiger partial charge >= 0.3 is 0 Å². The van der Waals surface area contributed by atoms with Gasteiger partial charge < -0.3 is 4.74 Å². The lowest BCUT2D eigenvalue weighted by molar-refractivity contribution is -0.131. The van der Waals surface area contributed by atoms with Crippen LogP contribution in [0.15, 0.2) is 18.2 Å². The molecular weight excluding hydrogens is 216 g/mol. The highest BCUT2D eigenvalue weighted by Gasteiger charge is 2.21. The molecule has 0 aliphatic rings. The van der Waals surface area contributed by atoms with Crippen LogP contribution in [0, 0.1) is 0 Å². The summed E-state index contributed by atoms with van der Waals surface area (Å²) in [6.07, 6.45) is 0.927. The molecule has 0 aliphatic carbocycles. The van der Waals surface area contributed by atoms with Crippen LogP contribution in [-0.4, -0.2) is 25.1 Å². The van der Waals surface area contributed by atoms with E-state index in [9.17, 15) is 4.79 Å². The van der Waals surface area contributed by atoms with Gasteiger partial charge in [-0.3, -0.25) is 9.80 Å². The number of aryl methyl sites for hydroxylation is 1. The van der Waals surface area contributed by atoms with E-state index in [4.69, 9.17) is 10.6 Å². The summed E-state index contributed by atoms with van der Waals surface area (Å²) in [4.78, 5) is 11.9. The molecule has 94 valence electrons. The van der Waals surface area contributed by atoms with Gasteiger partial charge in [-0.15, -0.1) is 0 Å². The van der Waals surface area contributed by atoms with Gasteiger partial charge in [0, 0.05) is 12.6 Å². The zero-order chi connectivity index (χ0) is 13.0. The van der Waals surface area contributed by atoms with Crippen molar-refractivity contribution in [2.24, 2.45) is 5.84 Å². The standard InChI is InChI=1S/C13H20N2O2/c1-5-10-6-7-12(17-4)11(8-10)9(2)13(16)15(3)14/h6-9H,5,14H2,1-4H3. The fraction of sp³-hybridized carbons (Fsp3) is 0.462. The number of nitrogens with zero attached hydrogens (tertiary/aromatic N) is 1. The van der Waals surface area contributed by atoms with E-state index in [-0.39, 0.29) is 11.8 Å². The lowest BCUT2D eigenvalue weighted by Crippen LogP contribution is -2.36. The molecule has 0 aromatic heterocycles. The van der Waals surface area contributed by atoms with Gasteiger partial charge in [0.25, 0.3) is 0 Å². The molecule has 0 radical (unpaired) electrons. The third kappa shape index (κ3) is 2.97. The van der Waals surface area contributed by atoms with Crippen molar-refractivity contribution in [3.63, 3.8) is 0 Å². The van der Waals surface area contributed by atoms with Gasteiger partial charge in [0.1, 0.15) is 5.75 Å². The first kappa shape index (κ1) is 13.5. The number of carbonyl (C=O) groups excluding carboxylic acids is 1. The first-order chi connectivity index (χ1) is 8.01. The number of methoxy groups -OCH3 is 1. The number of carbonyl (C=O) groups is 1. The molecule has 1 atom stereocenters. The molecule has 0 saturated heterocycles. The first-order valence-electron chi connectivity index (χ1n) is 5.70. The Morgan fingerprint density at radius 1 is 1.53 bits per heavy atom. The van der Waals surface area contributed by atoms with E-state index in [1.54, 1.807) is 14.2 Å². The lowest BCUT2D eigenvalue weighted by atomic mass is 9.96. The summed E-state index contributed by atoms with van der Waals surface area (Å²) in [5.41, 5.74) is 2.06. The molecule has 0 bridgehead atoms. The minimum Gasteiger partial charge on any atom is -0.496 e. The zero-order valence-electron chi connectivity index (χ0n) is 10.9. The topological polar surface area (TPSA) is 55.6 Å². The molecule has 1 unspecified atom stereocenters. The van der Waals surface area contributed by atoms with E-state index < -0.39 is 0 Å². The largest absolute Gasteiger partial charge is 0.496 e. The van der Waals surface area contributed by atoms with Gasteiger partial charge in [0.05, 0.1) is 13.0 Å². The number of hydrazine groups is 1. The Morgan fingerprint density at radius 3 is 2.65 bits per heavy atom. The first-order valence-corrected chi connectivity index (χ1v) is 5.70. The number of hydrogen-bond acceptors (Lipinski definition) is 3. The van der Waals surface area contributed by atoms with Crippen molar-refractivity contribution < 1.29 is 9.53 Å². The third-order valence-corrected chi connectivity index (χ3v) is 2.89. The highest BCUT2D eigenvalue weighted by atomic mass is 16.5.